The molecule has 0 aliphatic carbocycles. The maximum atomic E-state index is 12.0. The summed E-state index contributed by atoms with van der Waals surface area (Å²) in [6.45, 7) is 0.711. The fourth-order valence-electron chi connectivity index (χ4n) is 2.49. The van der Waals surface area contributed by atoms with Crippen LogP contribution in [0.4, 0.5) is 0 Å². The van der Waals surface area contributed by atoms with Gasteiger partial charge < -0.3 is 10.2 Å². The van der Waals surface area contributed by atoms with E-state index in [4.69, 9.17) is 0 Å². The lowest BCUT2D eigenvalue weighted by atomic mass is 10.3. The van der Waals surface area contributed by atoms with Crippen molar-refractivity contribution in [1.82, 2.24) is 10.2 Å². The zero-order chi connectivity index (χ0) is 12.2. The molecule has 0 aromatic heterocycles. The Morgan fingerprint density at radius 2 is 2.18 bits per heavy atom. The van der Waals surface area contributed by atoms with Gasteiger partial charge in [0.1, 0.15) is 5.70 Å². The van der Waals surface area contributed by atoms with E-state index >= 15 is 0 Å². The highest BCUT2D eigenvalue weighted by Crippen LogP contribution is 2.32. The first kappa shape index (κ1) is 11.2. The van der Waals surface area contributed by atoms with Crippen molar-refractivity contribution in [3.63, 3.8) is 0 Å². The maximum Gasteiger partial charge on any atom is 0.271 e. The Balaban J connectivity index is 2.06. The molecule has 0 aromatic carbocycles. The van der Waals surface area contributed by atoms with Crippen molar-refractivity contribution in [2.45, 2.75) is 6.04 Å². The molecule has 0 spiro atoms. The molecule has 1 amide bonds. The van der Waals surface area contributed by atoms with Crippen molar-refractivity contribution in [2.75, 3.05) is 30.3 Å². The second kappa shape index (κ2) is 3.55. The van der Waals surface area contributed by atoms with Gasteiger partial charge in [-0.1, -0.05) is 0 Å². The summed E-state index contributed by atoms with van der Waals surface area (Å²) in [6, 6.07) is -0.509. The van der Waals surface area contributed by atoms with Crippen LogP contribution in [0.1, 0.15) is 0 Å². The third-order valence-electron chi connectivity index (χ3n) is 3.29. The van der Waals surface area contributed by atoms with E-state index < -0.39 is 26.7 Å². The van der Waals surface area contributed by atoms with E-state index in [1.165, 1.54) is 4.90 Å². The lowest BCUT2D eigenvalue weighted by molar-refractivity contribution is -0.126. The van der Waals surface area contributed by atoms with Gasteiger partial charge in [-0.05, 0) is 0 Å². The molecular weight excluding hydrogens is 264 g/mol. The standard InChI is InChI=1S/C9H12N2O4S2/c12-9-7-8(16(13)3-1-10-7)6-5-17(14,15)4-2-11(6)9/h6,10H,1-5H2. The Bertz CT molecular complexity index is 551. The molecular formula is C9H12N2O4S2. The second-order valence-corrected chi connectivity index (χ2v) is 8.11. The largest absolute Gasteiger partial charge is 0.379 e. The van der Waals surface area contributed by atoms with Gasteiger partial charge in [0.2, 0.25) is 0 Å². The number of fused-ring (bicyclic) bond motifs is 2. The number of nitrogens with one attached hydrogen (secondary N) is 1. The molecule has 1 saturated heterocycles. The lowest BCUT2D eigenvalue weighted by Crippen LogP contribution is -2.48. The Morgan fingerprint density at radius 1 is 1.41 bits per heavy atom. The zero-order valence-corrected chi connectivity index (χ0v) is 10.6. The van der Waals surface area contributed by atoms with Gasteiger partial charge in [-0.25, -0.2) is 8.42 Å². The maximum absolute atomic E-state index is 12.0. The van der Waals surface area contributed by atoms with Crippen LogP contribution in [0.5, 0.6) is 0 Å². The molecule has 17 heavy (non-hydrogen) atoms. The van der Waals surface area contributed by atoms with Crippen molar-refractivity contribution in [2.24, 2.45) is 0 Å². The van der Waals surface area contributed by atoms with E-state index in [0.29, 0.717) is 22.9 Å². The normalized spacial score (nSPS) is 35.3. The molecule has 3 aliphatic heterocycles. The first-order valence-electron chi connectivity index (χ1n) is 5.37. The van der Waals surface area contributed by atoms with E-state index in [-0.39, 0.29) is 24.0 Å². The molecule has 0 radical (unpaired) electrons. The Labute approximate surface area is 101 Å². The van der Waals surface area contributed by atoms with Crippen molar-refractivity contribution in [1.29, 1.82) is 0 Å². The number of hydrogen-bond acceptors (Lipinski definition) is 5. The molecule has 6 nitrogen and oxygen atoms in total. The van der Waals surface area contributed by atoms with E-state index in [9.17, 15) is 17.4 Å². The average molecular weight is 276 g/mol. The summed E-state index contributed by atoms with van der Waals surface area (Å²) in [5.41, 5.74) is 0.372. The monoisotopic (exact) mass is 276 g/mol. The molecule has 94 valence electrons. The highest BCUT2D eigenvalue weighted by atomic mass is 32.2. The minimum Gasteiger partial charge on any atom is -0.379 e. The fraction of sp³-hybridized carbons (Fsp3) is 0.667. The Morgan fingerprint density at radius 3 is 2.94 bits per heavy atom. The van der Waals surface area contributed by atoms with Crippen molar-refractivity contribution in [3.05, 3.63) is 10.6 Å². The summed E-state index contributed by atoms with van der Waals surface area (Å²) in [5, 5.41) is 2.95. The first-order chi connectivity index (χ1) is 7.99. The van der Waals surface area contributed by atoms with Crippen LogP contribution in [-0.4, -0.2) is 59.8 Å². The molecule has 1 N–H and O–H groups in total. The molecule has 0 aromatic rings. The number of sulfone groups is 1. The molecule has 3 aliphatic rings. The number of carbonyl (C=O) groups excluding carboxylic acids is 1. The number of carbonyl (C=O) groups is 1. The average Bonchev–Trinajstić information content (AvgIpc) is 2.52. The molecule has 1 fully saturated rings. The molecule has 2 unspecified atom stereocenters. The van der Waals surface area contributed by atoms with Crippen LogP contribution in [0.3, 0.4) is 0 Å². The molecule has 8 heteroatoms. The third kappa shape index (κ3) is 1.61. The molecule has 2 atom stereocenters. The van der Waals surface area contributed by atoms with E-state index in [1.54, 1.807) is 0 Å². The number of nitrogens with zero attached hydrogens (tertiary/aromatic N) is 1. The highest BCUT2D eigenvalue weighted by molar-refractivity contribution is 7.92. The van der Waals surface area contributed by atoms with Crippen LogP contribution in [-0.2, 0) is 25.4 Å². The molecule has 0 bridgehead atoms. The summed E-state index contributed by atoms with van der Waals surface area (Å²) in [6.07, 6.45) is 0. The fourth-order valence-corrected chi connectivity index (χ4v) is 5.47. The van der Waals surface area contributed by atoms with E-state index in [2.05, 4.69) is 5.32 Å². The van der Waals surface area contributed by atoms with Crippen LogP contribution in [0.2, 0.25) is 0 Å². The van der Waals surface area contributed by atoms with Crippen LogP contribution in [0.15, 0.2) is 10.6 Å². The molecule has 3 rings (SSSR count). The smallest absolute Gasteiger partial charge is 0.271 e. The van der Waals surface area contributed by atoms with Gasteiger partial charge in [-0.3, -0.25) is 9.00 Å². The topological polar surface area (TPSA) is 83.6 Å². The van der Waals surface area contributed by atoms with Gasteiger partial charge in [0.25, 0.3) is 5.91 Å². The summed E-state index contributed by atoms with van der Waals surface area (Å²) in [4.78, 5) is 14.0. The SMILES string of the molecule is O=C1C2=C(C3CS(=O)(=O)CCN13)S(=O)CCN2. The van der Waals surface area contributed by atoms with Crippen molar-refractivity contribution >= 4 is 26.5 Å². The van der Waals surface area contributed by atoms with Crippen LogP contribution in [0.25, 0.3) is 0 Å². The zero-order valence-electron chi connectivity index (χ0n) is 9.01. The van der Waals surface area contributed by atoms with Gasteiger partial charge in [0.15, 0.2) is 9.84 Å². The summed E-state index contributed by atoms with van der Waals surface area (Å²) in [5.74, 6) is 0.150. The van der Waals surface area contributed by atoms with Crippen molar-refractivity contribution < 1.29 is 17.4 Å². The summed E-state index contributed by atoms with van der Waals surface area (Å²) >= 11 is 0. The quantitative estimate of drug-likeness (QED) is 0.564. The van der Waals surface area contributed by atoms with Crippen LogP contribution >= 0.6 is 0 Å². The van der Waals surface area contributed by atoms with Gasteiger partial charge >= 0.3 is 0 Å². The minimum absolute atomic E-state index is 0.00242. The van der Waals surface area contributed by atoms with Gasteiger partial charge in [-0.2, -0.15) is 0 Å². The van der Waals surface area contributed by atoms with Gasteiger partial charge in [-0.15, -0.1) is 0 Å². The predicted octanol–water partition coefficient (Wildman–Crippen LogP) is -1.81. The number of hydrogen-bond donors (Lipinski definition) is 1. The van der Waals surface area contributed by atoms with E-state index in [1.807, 2.05) is 0 Å². The van der Waals surface area contributed by atoms with Crippen molar-refractivity contribution in [3.8, 4) is 0 Å². The van der Waals surface area contributed by atoms with Gasteiger partial charge in [0.05, 0.1) is 33.3 Å². The molecule has 3 heterocycles. The lowest BCUT2D eigenvalue weighted by Gasteiger charge is -2.30. The van der Waals surface area contributed by atoms with Gasteiger partial charge in [0, 0.05) is 18.8 Å². The van der Waals surface area contributed by atoms with Crippen LogP contribution < -0.4 is 5.32 Å². The highest BCUT2D eigenvalue weighted by Gasteiger charge is 2.47. The number of rotatable bonds is 0. The Hall–Kier alpha value is -0.890. The summed E-state index contributed by atoms with van der Waals surface area (Å²) in [7, 11) is -4.35. The minimum atomic E-state index is -3.12. The third-order valence-corrected chi connectivity index (χ3v) is 6.46. The summed E-state index contributed by atoms with van der Waals surface area (Å²) < 4.78 is 35.1. The Kier molecular flexibility index (Phi) is 2.34. The number of amides is 1. The molecule has 0 saturated carbocycles. The predicted molar refractivity (Wildman–Crippen MR) is 62.2 cm³/mol. The van der Waals surface area contributed by atoms with E-state index in [0.717, 1.165) is 0 Å². The van der Waals surface area contributed by atoms with Crippen LogP contribution in [0, 0.1) is 0 Å². The second-order valence-electron chi connectivity index (χ2n) is 4.34. The first-order valence-corrected chi connectivity index (χ1v) is 8.51.